The molecule has 2 rings (SSSR count). The van der Waals surface area contributed by atoms with E-state index in [-0.39, 0.29) is 12.0 Å². The highest BCUT2D eigenvalue weighted by atomic mass is 16.5. The van der Waals surface area contributed by atoms with Gasteiger partial charge in [0, 0.05) is 25.0 Å². The molecule has 2 heterocycles. The standard InChI is InChI=1S/C20H26N4O3/c1-6-27-19(26)15(9-10-20(2,3)4)22-18(25)17-12-16(23-24(17)5)14-8-7-11-21-13-14/h7-13,15H,6H2,1-5H3,(H,22,25)/b10-9+/t15-/m1/s1. The fourth-order valence-corrected chi connectivity index (χ4v) is 2.35. The number of pyridine rings is 1. The summed E-state index contributed by atoms with van der Waals surface area (Å²) in [5.74, 6) is -0.905. The normalized spacial score (nSPS) is 12.8. The van der Waals surface area contributed by atoms with Gasteiger partial charge in [0.2, 0.25) is 0 Å². The Morgan fingerprint density at radius 3 is 2.70 bits per heavy atom. The first-order valence-corrected chi connectivity index (χ1v) is 8.82. The van der Waals surface area contributed by atoms with Crippen LogP contribution in [-0.4, -0.2) is 39.3 Å². The molecule has 0 radical (unpaired) electrons. The van der Waals surface area contributed by atoms with Crippen molar-refractivity contribution in [1.82, 2.24) is 20.1 Å². The number of nitrogens with zero attached hydrogens (tertiary/aromatic N) is 3. The Morgan fingerprint density at radius 2 is 2.11 bits per heavy atom. The summed E-state index contributed by atoms with van der Waals surface area (Å²) in [6, 6.07) is 4.47. The van der Waals surface area contributed by atoms with Gasteiger partial charge in [-0.2, -0.15) is 5.10 Å². The number of hydrogen-bond acceptors (Lipinski definition) is 5. The van der Waals surface area contributed by atoms with Gasteiger partial charge in [0.1, 0.15) is 11.7 Å². The van der Waals surface area contributed by atoms with Crippen LogP contribution in [0.3, 0.4) is 0 Å². The van der Waals surface area contributed by atoms with Gasteiger partial charge in [-0.05, 0) is 30.5 Å². The molecule has 0 aromatic carbocycles. The summed E-state index contributed by atoms with van der Waals surface area (Å²) in [4.78, 5) is 29.0. The van der Waals surface area contributed by atoms with Crippen molar-refractivity contribution >= 4 is 11.9 Å². The van der Waals surface area contributed by atoms with Gasteiger partial charge < -0.3 is 10.1 Å². The molecule has 0 aliphatic carbocycles. The molecule has 0 aliphatic rings. The van der Waals surface area contributed by atoms with Crippen molar-refractivity contribution in [2.75, 3.05) is 6.61 Å². The largest absolute Gasteiger partial charge is 0.464 e. The van der Waals surface area contributed by atoms with Crippen LogP contribution < -0.4 is 5.32 Å². The number of esters is 1. The average Bonchev–Trinajstić information content (AvgIpc) is 3.00. The molecular weight excluding hydrogens is 344 g/mol. The van der Waals surface area contributed by atoms with Gasteiger partial charge in [0.05, 0.1) is 12.3 Å². The van der Waals surface area contributed by atoms with E-state index in [4.69, 9.17) is 4.74 Å². The van der Waals surface area contributed by atoms with E-state index in [1.807, 2.05) is 32.9 Å². The van der Waals surface area contributed by atoms with Crippen LogP contribution in [0, 0.1) is 5.41 Å². The van der Waals surface area contributed by atoms with E-state index in [0.29, 0.717) is 11.4 Å². The zero-order valence-electron chi connectivity index (χ0n) is 16.4. The van der Waals surface area contributed by atoms with E-state index in [2.05, 4.69) is 15.4 Å². The molecular formula is C20H26N4O3. The maximum Gasteiger partial charge on any atom is 0.332 e. The predicted molar refractivity (Wildman–Crippen MR) is 103 cm³/mol. The first-order valence-electron chi connectivity index (χ1n) is 8.82. The van der Waals surface area contributed by atoms with Gasteiger partial charge in [0.25, 0.3) is 5.91 Å². The fraction of sp³-hybridized carbons (Fsp3) is 0.400. The minimum Gasteiger partial charge on any atom is -0.464 e. The first kappa shape index (κ1) is 20.4. The molecule has 27 heavy (non-hydrogen) atoms. The first-order chi connectivity index (χ1) is 12.7. The van der Waals surface area contributed by atoms with Gasteiger partial charge in [-0.1, -0.05) is 32.9 Å². The molecule has 0 aliphatic heterocycles. The number of carbonyl (C=O) groups excluding carboxylic acids is 2. The zero-order chi connectivity index (χ0) is 20.0. The summed E-state index contributed by atoms with van der Waals surface area (Å²) in [6.45, 7) is 8.00. The number of hydrogen-bond donors (Lipinski definition) is 1. The number of aromatic nitrogens is 3. The Hall–Kier alpha value is -2.96. The van der Waals surface area contributed by atoms with Crippen molar-refractivity contribution in [3.05, 3.63) is 48.4 Å². The van der Waals surface area contributed by atoms with Crippen LogP contribution in [0.25, 0.3) is 11.3 Å². The van der Waals surface area contributed by atoms with Crippen LogP contribution >= 0.6 is 0 Å². The van der Waals surface area contributed by atoms with Crippen molar-refractivity contribution < 1.29 is 14.3 Å². The summed E-state index contributed by atoms with van der Waals surface area (Å²) < 4.78 is 6.55. The van der Waals surface area contributed by atoms with Crippen LogP contribution in [0.4, 0.5) is 0 Å². The molecule has 2 aromatic heterocycles. The Balaban J connectivity index is 2.23. The molecule has 2 aromatic rings. The molecule has 0 unspecified atom stereocenters. The summed E-state index contributed by atoms with van der Waals surface area (Å²) in [5.41, 5.74) is 1.65. The Bertz CT molecular complexity index is 819. The Labute approximate surface area is 159 Å². The number of rotatable bonds is 6. The minimum absolute atomic E-state index is 0.129. The van der Waals surface area contributed by atoms with Gasteiger partial charge in [-0.15, -0.1) is 0 Å². The van der Waals surface area contributed by atoms with E-state index >= 15 is 0 Å². The van der Waals surface area contributed by atoms with Crippen molar-refractivity contribution in [2.45, 2.75) is 33.7 Å². The molecule has 0 fully saturated rings. The van der Waals surface area contributed by atoms with Crippen LogP contribution in [0.2, 0.25) is 0 Å². The Kier molecular flexibility index (Phi) is 6.50. The number of ether oxygens (including phenoxy) is 1. The van der Waals surface area contributed by atoms with Crippen molar-refractivity contribution in [1.29, 1.82) is 0 Å². The van der Waals surface area contributed by atoms with Gasteiger partial charge in [-0.25, -0.2) is 4.79 Å². The predicted octanol–water partition coefficient (Wildman–Crippen LogP) is 2.75. The number of allylic oxidation sites excluding steroid dienone is 1. The van der Waals surface area contributed by atoms with E-state index < -0.39 is 17.9 Å². The van der Waals surface area contributed by atoms with E-state index in [1.165, 1.54) is 4.68 Å². The SMILES string of the molecule is CCOC(=O)[C@@H](/C=C/C(C)(C)C)NC(=O)c1cc(-c2cccnc2)nn1C. The highest BCUT2D eigenvalue weighted by molar-refractivity contribution is 5.96. The summed E-state index contributed by atoms with van der Waals surface area (Å²) >= 11 is 0. The number of nitrogens with one attached hydrogen (secondary N) is 1. The molecule has 144 valence electrons. The lowest BCUT2D eigenvalue weighted by molar-refractivity contribution is -0.144. The third kappa shape index (κ3) is 5.77. The van der Waals surface area contributed by atoms with Gasteiger partial charge >= 0.3 is 5.97 Å². The van der Waals surface area contributed by atoms with Crippen molar-refractivity contribution in [3.8, 4) is 11.3 Å². The third-order valence-electron chi connectivity index (χ3n) is 3.69. The van der Waals surface area contributed by atoms with Crippen LogP contribution in [0.5, 0.6) is 0 Å². The summed E-state index contributed by atoms with van der Waals surface area (Å²) in [7, 11) is 1.68. The van der Waals surface area contributed by atoms with E-state index in [9.17, 15) is 9.59 Å². The second kappa shape index (κ2) is 8.62. The smallest absolute Gasteiger partial charge is 0.332 e. The quantitative estimate of drug-likeness (QED) is 0.624. The highest BCUT2D eigenvalue weighted by Crippen LogP contribution is 2.18. The van der Waals surface area contributed by atoms with Crippen molar-refractivity contribution in [3.63, 3.8) is 0 Å². The molecule has 0 saturated heterocycles. The second-order valence-electron chi connectivity index (χ2n) is 7.21. The van der Waals surface area contributed by atoms with Crippen LogP contribution in [-0.2, 0) is 16.6 Å². The minimum atomic E-state index is -0.867. The summed E-state index contributed by atoms with van der Waals surface area (Å²) in [6.07, 6.45) is 6.89. The molecule has 1 atom stereocenters. The van der Waals surface area contributed by atoms with Crippen LogP contribution in [0.1, 0.15) is 38.2 Å². The molecule has 0 saturated carbocycles. The molecule has 0 spiro atoms. The maximum absolute atomic E-state index is 12.7. The third-order valence-corrected chi connectivity index (χ3v) is 3.69. The number of aryl methyl sites for hydroxylation is 1. The zero-order valence-corrected chi connectivity index (χ0v) is 16.4. The van der Waals surface area contributed by atoms with Crippen LogP contribution in [0.15, 0.2) is 42.7 Å². The monoisotopic (exact) mass is 370 g/mol. The van der Waals surface area contributed by atoms with Gasteiger partial charge in [0.15, 0.2) is 0 Å². The topological polar surface area (TPSA) is 86.1 Å². The maximum atomic E-state index is 12.7. The molecule has 7 nitrogen and oxygen atoms in total. The molecule has 1 N–H and O–H groups in total. The van der Waals surface area contributed by atoms with Gasteiger partial charge in [-0.3, -0.25) is 14.5 Å². The lowest BCUT2D eigenvalue weighted by Gasteiger charge is -2.17. The summed E-state index contributed by atoms with van der Waals surface area (Å²) in [5, 5.41) is 7.08. The number of carbonyl (C=O) groups is 2. The average molecular weight is 370 g/mol. The Morgan fingerprint density at radius 1 is 1.37 bits per heavy atom. The van der Waals surface area contributed by atoms with Crippen molar-refractivity contribution in [2.24, 2.45) is 12.5 Å². The van der Waals surface area contributed by atoms with E-state index in [0.717, 1.165) is 5.56 Å². The molecule has 7 heteroatoms. The lowest BCUT2D eigenvalue weighted by atomic mass is 9.95. The highest BCUT2D eigenvalue weighted by Gasteiger charge is 2.23. The molecule has 1 amide bonds. The number of amides is 1. The fourth-order valence-electron chi connectivity index (χ4n) is 2.35. The van der Waals surface area contributed by atoms with E-state index in [1.54, 1.807) is 44.6 Å². The molecule has 0 bridgehead atoms. The second-order valence-corrected chi connectivity index (χ2v) is 7.21. The lowest BCUT2D eigenvalue weighted by Crippen LogP contribution is -2.41.